The normalized spacial score (nSPS) is 13.5. The third-order valence-corrected chi connectivity index (χ3v) is 2.75. The number of carboxylic acid groups (broad SMARTS) is 1. The van der Waals surface area contributed by atoms with Crippen molar-refractivity contribution in [2.24, 2.45) is 0 Å². The predicted octanol–water partition coefficient (Wildman–Crippen LogP) is 1.66. The fourth-order valence-electron chi connectivity index (χ4n) is 1.47. The quantitative estimate of drug-likeness (QED) is 0.849. The second kappa shape index (κ2) is 6.22. The number of carbonyl (C=O) groups is 2. The first-order valence-electron chi connectivity index (χ1n) is 6.08. The maximum absolute atomic E-state index is 11.8. The maximum Gasteiger partial charge on any atom is 0.325 e. The lowest BCUT2D eigenvalue weighted by molar-refractivity contribution is -0.142. The van der Waals surface area contributed by atoms with Gasteiger partial charge in [0.15, 0.2) is 6.10 Å². The number of amides is 1. The molecule has 0 spiro atoms. The van der Waals surface area contributed by atoms with E-state index >= 15 is 0 Å². The molecule has 0 heterocycles. The van der Waals surface area contributed by atoms with Gasteiger partial charge in [-0.05, 0) is 44.9 Å². The van der Waals surface area contributed by atoms with Gasteiger partial charge in [0.05, 0.1) is 0 Å². The number of rotatable bonds is 5. The molecule has 0 unspecified atom stereocenters. The van der Waals surface area contributed by atoms with Gasteiger partial charge in [0.25, 0.3) is 5.91 Å². The molecule has 0 aliphatic rings. The van der Waals surface area contributed by atoms with Gasteiger partial charge in [0.2, 0.25) is 0 Å². The minimum Gasteiger partial charge on any atom is -0.481 e. The van der Waals surface area contributed by atoms with E-state index in [-0.39, 0.29) is 0 Å². The summed E-state index contributed by atoms with van der Waals surface area (Å²) in [7, 11) is 0. The van der Waals surface area contributed by atoms with Crippen LogP contribution in [0.25, 0.3) is 0 Å². The Bertz CT molecular complexity index is 484. The zero-order valence-corrected chi connectivity index (χ0v) is 11.6. The topological polar surface area (TPSA) is 75.6 Å². The number of aliphatic carboxylic acids is 1. The van der Waals surface area contributed by atoms with Crippen molar-refractivity contribution < 1.29 is 19.4 Å². The highest BCUT2D eigenvalue weighted by Gasteiger charge is 2.20. The smallest absolute Gasteiger partial charge is 0.325 e. The number of carboxylic acids is 1. The zero-order valence-electron chi connectivity index (χ0n) is 11.6. The highest BCUT2D eigenvalue weighted by atomic mass is 16.5. The van der Waals surface area contributed by atoms with Gasteiger partial charge < -0.3 is 15.2 Å². The Kier molecular flexibility index (Phi) is 4.92. The molecule has 0 radical (unpaired) electrons. The van der Waals surface area contributed by atoms with Crippen molar-refractivity contribution in [1.82, 2.24) is 5.32 Å². The average Bonchev–Trinajstić information content (AvgIpc) is 2.33. The first-order valence-corrected chi connectivity index (χ1v) is 6.08. The fraction of sp³-hybridized carbons (Fsp3) is 0.429. The number of benzene rings is 1. The molecular weight excluding hydrogens is 246 g/mol. The van der Waals surface area contributed by atoms with Crippen LogP contribution in [0.3, 0.4) is 0 Å². The summed E-state index contributed by atoms with van der Waals surface area (Å²) in [6.07, 6.45) is -0.748. The second-order valence-electron chi connectivity index (χ2n) is 4.60. The molecule has 1 aromatic rings. The molecule has 0 saturated heterocycles. The minimum atomic E-state index is -1.08. The summed E-state index contributed by atoms with van der Waals surface area (Å²) in [4.78, 5) is 22.4. The lowest BCUT2D eigenvalue weighted by Crippen LogP contribution is -2.44. The van der Waals surface area contributed by atoms with Crippen LogP contribution in [0.1, 0.15) is 25.0 Å². The van der Waals surface area contributed by atoms with Crippen molar-refractivity contribution >= 4 is 11.9 Å². The van der Waals surface area contributed by atoms with E-state index in [1.807, 2.05) is 32.0 Å². The Hall–Kier alpha value is -2.04. The monoisotopic (exact) mass is 265 g/mol. The van der Waals surface area contributed by atoms with Crippen molar-refractivity contribution in [2.75, 3.05) is 0 Å². The summed E-state index contributed by atoms with van der Waals surface area (Å²) in [6.45, 7) is 6.82. The van der Waals surface area contributed by atoms with Gasteiger partial charge in [-0.2, -0.15) is 0 Å². The van der Waals surface area contributed by atoms with E-state index in [1.54, 1.807) is 6.92 Å². The third kappa shape index (κ3) is 4.28. The molecule has 0 aliphatic heterocycles. The number of ether oxygens (including phenoxy) is 1. The number of hydrogen-bond acceptors (Lipinski definition) is 3. The molecule has 0 fully saturated rings. The van der Waals surface area contributed by atoms with Crippen LogP contribution in [-0.2, 0) is 9.59 Å². The van der Waals surface area contributed by atoms with Crippen LogP contribution in [0.5, 0.6) is 5.75 Å². The molecule has 19 heavy (non-hydrogen) atoms. The van der Waals surface area contributed by atoms with Crippen LogP contribution >= 0.6 is 0 Å². The van der Waals surface area contributed by atoms with Crippen molar-refractivity contribution in [3.8, 4) is 5.75 Å². The van der Waals surface area contributed by atoms with Crippen LogP contribution in [0.4, 0.5) is 0 Å². The first kappa shape index (κ1) is 15.0. The Morgan fingerprint density at radius 3 is 2.47 bits per heavy atom. The molecule has 0 aromatic heterocycles. The van der Waals surface area contributed by atoms with E-state index in [9.17, 15) is 9.59 Å². The lowest BCUT2D eigenvalue weighted by Gasteiger charge is -2.18. The lowest BCUT2D eigenvalue weighted by atomic mass is 10.1. The van der Waals surface area contributed by atoms with Crippen LogP contribution < -0.4 is 10.1 Å². The zero-order chi connectivity index (χ0) is 14.6. The fourth-order valence-corrected chi connectivity index (χ4v) is 1.47. The Labute approximate surface area is 112 Å². The molecule has 1 aromatic carbocycles. The largest absolute Gasteiger partial charge is 0.481 e. The first-order chi connectivity index (χ1) is 8.81. The van der Waals surface area contributed by atoms with E-state index in [0.29, 0.717) is 5.75 Å². The van der Waals surface area contributed by atoms with Gasteiger partial charge >= 0.3 is 5.97 Å². The van der Waals surface area contributed by atoms with Gasteiger partial charge in [0, 0.05) is 0 Å². The summed E-state index contributed by atoms with van der Waals surface area (Å²) < 4.78 is 5.56. The summed E-state index contributed by atoms with van der Waals surface area (Å²) in [5.74, 6) is -0.895. The summed E-state index contributed by atoms with van der Waals surface area (Å²) in [5, 5.41) is 11.1. The van der Waals surface area contributed by atoms with Crippen molar-refractivity contribution in [1.29, 1.82) is 0 Å². The highest BCUT2D eigenvalue weighted by Crippen LogP contribution is 2.20. The van der Waals surface area contributed by atoms with E-state index in [0.717, 1.165) is 11.1 Å². The molecule has 104 valence electrons. The van der Waals surface area contributed by atoms with E-state index in [2.05, 4.69) is 5.32 Å². The van der Waals surface area contributed by atoms with Crippen molar-refractivity contribution in [2.45, 2.75) is 39.8 Å². The summed E-state index contributed by atoms with van der Waals surface area (Å²) in [5.41, 5.74) is 1.96. The second-order valence-corrected chi connectivity index (χ2v) is 4.60. The van der Waals surface area contributed by atoms with Crippen molar-refractivity contribution in [3.05, 3.63) is 29.3 Å². The molecule has 5 heteroatoms. The van der Waals surface area contributed by atoms with E-state index < -0.39 is 24.0 Å². The average molecular weight is 265 g/mol. The van der Waals surface area contributed by atoms with E-state index in [4.69, 9.17) is 9.84 Å². The standard InChI is InChI=1S/C14H19NO4/c1-8-5-6-9(2)12(7-8)19-11(4)13(16)15-10(3)14(17)18/h5-7,10-11H,1-4H3,(H,15,16)(H,17,18)/t10-,11+/m1/s1. The molecule has 0 saturated carbocycles. The maximum atomic E-state index is 11.8. The third-order valence-electron chi connectivity index (χ3n) is 2.75. The number of nitrogens with one attached hydrogen (secondary N) is 1. The van der Waals surface area contributed by atoms with Crippen molar-refractivity contribution in [3.63, 3.8) is 0 Å². The Morgan fingerprint density at radius 2 is 1.89 bits per heavy atom. The molecule has 1 rings (SSSR count). The van der Waals surface area contributed by atoms with Gasteiger partial charge in [-0.15, -0.1) is 0 Å². The molecule has 0 bridgehead atoms. The van der Waals surface area contributed by atoms with Crippen LogP contribution in [0.15, 0.2) is 18.2 Å². The predicted molar refractivity (Wildman–Crippen MR) is 71.2 cm³/mol. The molecule has 2 atom stereocenters. The minimum absolute atomic E-state index is 0.448. The van der Waals surface area contributed by atoms with Gasteiger partial charge in [-0.25, -0.2) is 0 Å². The van der Waals surface area contributed by atoms with E-state index in [1.165, 1.54) is 6.92 Å². The Balaban J connectivity index is 2.68. The number of hydrogen-bond donors (Lipinski definition) is 2. The van der Waals surface area contributed by atoms with Crippen LogP contribution in [0, 0.1) is 13.8 Å². The number of carbonyl (C=O) groups excluding carboxylic acids is 1. The van der Waals surface area contributed by atoms with Gasteiger partial charge in [-0.3, -0.25) is 9.59 Å². The van der Waals surface area contributed by atoms with Gasteiger partial charge in [0.1, 0.15) is 11.8 Å². The van der Waals surface area contributed by atoms with Crippen LogP contribution in [-0.4, -0.2) is 29.1 Å². The molecule has 0 aliphatic carbocycles. The van der Waals surface area contributed by atoms with Crippen LogP contribution in [0.2, 0.25) is 0 Å². The highest BCUT2D eigenvalue weighted by molar-refractivity contribution is 5.86. The summed E-state index contributed by atoms with van der Waals surface area (Å²) in [6, 6.07) is 4.78. The number of aryl methyl sites for hydroxylation is 2. The molecule has 1 amide bonds. The molecule has 5 nitrogen and oxygen atoms in total. The SMILES string of the molecule is Cc1ccc(C)c(O[C@@H](C)C(=O)N[C@H](C)C(=O)O)c1. The molecule has 2 N–H and O–H groups in total. The Morgan fingerprint density at radius 1 is 1.26 bits per heavy atom. The molecular formula is C14H19NO4. The van der Waals surface area contributed by atoms with Gasteiger partial charge in [-0.1, -0.05) is 12.1 Å². The summed E-state index contributed by atoms with van der Waals surface area (Å²) >= 11 is 0.